The Kier molecular flexibility index (Phi) is 6.78. The Morgan fingerprint density at radius 3 is 2.09 bits per heavy atom. The van der Waals surface area contributed by atoms with Crippen molar-refractivity contribution in [2.75, 3.05) is 44.2 Å². The fraction of sp³-hybridized carbons (Fsp3) is 0.385. The molecule has 0 aromatic heterocycles. The van der Waals surface area contributed by atoms with Gasteiger partial charge in [0, 0.05) is 38.4 Å². The number of benzene rings is 2. The maximum atomic E-state index is 13.4. The lowest BCUT2D eigenvalue weighted by Crippen LogP contribution is -2.47. The summed E-state index contributed by atoms with van der Waals surface area (Å²) in [6.07, 6.45) is 1.74. The molecule has 6 heteroatoms. The molecule has 0 aliphatic carbocycles. The Balaban J connectivity index is 1.62. The maximum Gasteiger partial charge on any atom is 0.277 e. The summed E-state index contributed by atoms with van der Waals surface area (Å²) in [5.41, 5.74) is 3.02. The van der Waals surface area contributed by atoms with Crippen molar-refractivity contribution in [2.45, 2.75) is 26.7 Å². The number of rotatable bonds is 8. The van der Waals surface area contributed by atoms with E-state index < -0.39 is 0 Å². The molecule has 1 fully saturated rings. The van der Waals surface area contributed by atoms with Gasteiger partial charge in [-0.3, -0.25) is 14.5 Å². The van der Waals surface area contributed by atoms with Crippen molar-refractivity contribution in [2.24, 2.45) is 0 Å². The van der Waals surface area contributed by atoms with Crippen LogP contribution in [0.15, 0.2) is 60.3 Å². The Morgan fingerprint density at radius 2 is 1.47 bits per heavy atom. The van der Waals surface area contributed by atoms with Crippen molar-refractivity contribution in [3.63, 3.8) is 0 Å². The number of hydrogen-bond donors (Lipinski definition) is 0. The molecule has 2 aromatic rings. The summed E-state index contributed by atoms with van der Waals surface area (Å²) in [6.45, 7) is 8.06. The highest BCUT2D eigenvalue weighted by molar-refractivity contribution is 6.35. The average molecular weight is 434 g/mol. The Morgan fingerprint density at radius 1 is 0.812 bits per heavy atom. The Hall–Kier alpha value is -3.28. The van der Waals surface area contributed by atoms with Gasteiger partial charge in [0.25, 0.3) is 11.8 Å². The van der Waals surface area contributed by atoms with Crippen LogP contribution < -0.4 is 9.64 Å². The number of amides is 2. The third-order valence-electron chi connectivity index (χ3n) is 6.05. The number of piperazine rings is 1. The summed E-state index contributed by atoms with van der Waals surface area (Å²) in [7, 11) is 0. The second-order valence-corrected chi connectivity index (χ2v) is 8.11. The van der Waals surface area contributed by atoms with Crippen molar-refractivity contribution in [3.8, 4) is 5.75 Å². The normalized spacial score (nSPS) is 16.9. The number of ether oxygens (including phenoxy) is 1. The van der Waals surface area contributed by atoms with E-state index in [4.69, 9.17) is 4.74 Å². The molecule has 2 aliphatic heterocycles. The lowest BCUT2D eigenvalue weighted by molar-refractivity contribution is -0.137. The number of unbranched alkanes of at least 4 members (excludes halogenated alkanes) is 1. The average Bonchev–Trinajstić information content (AvgIpc) is 3.08. The topological polar surface area (TPSA) is 53.1 Å². The first-order valence-corrected chi connectivity index (χ1v) is 11.5. The fourth-order valence-electron chi connectivity index (χ4n) is 4.35. The zero-order valence-corrected chi connectivity index (χ0v) is 18.9. The van der Waals surface area contributed by atoms with Gasteiger partial charge in [0.2, 0.25) is 0 Å². The molecule has 2 aliphatic rings. The predicted molar refractivity (Wildman–Crippen MR) is 126 cm³/mol. The summed E-state index contributed by atoms with van der Waals surface area (Å²) >= 11 is 0. The predicted octanol–water partition coefficient (Wildman–Crippen LogP) is 3.79. The molecule has 0 atom stereocenters. The number of carbonyl (C=O) groups excluding carboxylic acids is 2. The van der Waals surface area contributed by atoms with Crippen LogP contribution in [0.5, 0.6) is 5.75 Å². The van der Waals surface area contributed by atoms with E-state index in [1.54, 1.807) is 0 Å². The molecule has 0 unspecified atom stereocenters. The molecular formula is C26H31N3O3. The monoisotopic (exact) mass is 433 g/mol. The number of hydrogen-bond acceptors (Lipinski definition) is 5. The van der Waals surface area contributed by atoms with Crippen LogP contribution in [0.1, 0.15) is 32.3 Å². The van der Waals surface area contributed by atoms with Crippen LogP contribution in [-0.2, 0) is 9.59 Å². The summed E-state index contributed by atoms with van der Waals surface area (Å²) in [4.78, 5) is 32.6. The molecule has 32 heavy (non-hydrogen) atoms. The molecule has 0 spiro atoms. The van der Waals surface area contributed by atoms with Gasteiger partial charge in [-0.15, -0.1) is 0 Å². The van der Waals surface area contributed by atoms with Crippen LogP contribution in [0, 0.1) is 0 Å². The summed E-state index contributed by atoms with van der Waals surface area (Å²) in [5.74, 6) is 0.406. The molecule has 0 radical (unpaired) electrons. The highest BCUT2D eigenvalue weighted by Crippen LogP contribution is 2.33. The second kappa shape index (κ2) is 9.90. The Labute approximate surface area is 190 Å². The summed E-state index contributed by atoms with van der Waals surface area (Å²) in [5, 5.41) is 0. The van der Waals surface area contributed by atoms with Gasteiger partial charge in [-0.05, 0) is 43.2 Å². The van der Waals surface area contributed by atoms with Gasteiger partial charge >= 0.3 is 0 Å². The summed E-state index contributed by atoms with van der Waals surface area (Å²) < 4.78 is 5.55. The van der Waals surface area contributed by atoms with Gasteiger partial charge in [0.15, 0.2) is 0 Å². The van der Waals surface area contributed by atoms with Crippen molar-refractivity contribution in [3.05, 3.63) is 65.9 Å². The Bertz CT molecular complexity index is 977. The highest BCUT2D eigenvalue weighted by atomic mass is 16.5. The molecule has 4 rings (SSSR count). The van der Waals surface area contributed by atoms with Gasteiger partial charge < -0.3 is 14.5 Å². The lowest BCUT2D eigenvalue weighted by Gasteiger charge is -2.37. The minimum absolute atomic E-state index is 0.166. The minimum Gasteiger partial charge on any atom is -0.494 e. The number of anilines is 1. The molecule has 2 amide bonds. The lowest BCUT2D eigenvalue weighted by atomic mass is 10.0. The zero-order chi connectivity index (χ0) is 22.5. The molecule has 6 nitrogen and oxygen atoms in total. The number of para-hydroxylation sites is 1. The van der Waals surface area contributed by atoms with E-state index in [-0.39, 0.29) is 11.8 Å². The van der Waals surface area contributed by atoms with E-state index in [0.717, 1.165) is 37.2 Å². The zero-order valence-electron chi connectivity index (χ0n) is 18.9. The standard InChI is InChI=1S/C26H31N3O3/c1-3-5-15-29-25(30)23(20-11-13-22(14-12-20)32-4-2)24(26(29)31)28-18-16-27(17-19-28)21-9-7-6-8-10-21/h6-14H,3-5,15-19H2,1-2H3. The molecule has 0 N–H and O–H groups in total. The van der Waals surface area contributed by atoms with Crippen molar-refractivity contribution < 1.29 is 14.3 Å². The number of nitrogens with zero attached hydrogens (tertiary/aromatic N) is 3. The van der Waals surface area contributed by atoms with Crippen LogP contribution >= 0.6 is 0 Å². The maximum absolute atomic E-state index is 13.4. The minimum atomic E-state index is -0.187. The van der Waals surface area contributed by atoms with E-state index in [1.807, 2.05) is 49.4 Å². The van der Waals surface area contributed by atoms with Crippen LogP contribution in [-0.4, -0.2) is 60.9 Å². The number of carbonyl (C=O) groups is 2. The van der Waals surface area contributed by atoms with Crippen molar-refractivity contribution in [1.82, 2.24) is 9.80 Å². The SMILES string of the molecule is CCCCN1C(=O)C(c2ccc(OCC)cc2)=C(N2CCN(c3ccccc3)CC2)C1=O. The highest BCUT2D eigenvalue weighted by Gasteiger charge is 2.41. The fourth-order valence-corrected chi connectivity index (χ4v) is 4.35. The quantitative estimate of drug-likeness (QED) is 0.593. The van der Waals surface area contributed by atoms with E-state index in [1.165, 1.54) is 10.6 Å². The van der Waals surface area contributed by atoms with Crippen LogP contribution in [0.2, 0.25) is 0 Å². The van der Waals surface area contributed by atoms with Crippen LogP contribution in [0.25, 0.3) is 5.57 Å². The van der Waals surface area contributed by atoms with Gasteiger partial charge in [-0.25, -0.2) is 0 Å². The van der Waals surface area contributed by atoms with Gasteiger partial charge in [-0.1, -0.05) is 43.7 Å². The van der Waals surface area contributed by atoms with E-state index in [2.05, 4.69) is 28.9 Å². The molecular weight excluding hydrogens is 402 g/mol. The van der Waals surface area contributed by atoms with Crippen LogP contribution in [0.3, 0.4) is 0 Å². The van der Waals surface area contributed by atoms with Gasteiger partial charge in [0.1, 0.15) is 11.4 Å². The van der Waals surface area contributed by atoms with Crippen molar-refractivity contribution >= 4 is 23.1 Å². The number of imide groups is 1. The van der Waals surface area contributed by atoms with Crippen LogP contribution in [0.4, 0.5) is 5.69 Å². The molecule has 0 bridgehead atoms. The smallest absolute Gasteiger partial charge is 0.277 e. The van der Waals surface area contributed by atoms with E-state index >= 15 is 0 Å². The van der Waals surface area contributed by atoms with Crippen molar-refractivity contribution in [1.29, 1.82) is 0 Å². The molecule has 2 heterocycles. The molecule has 1 saturated heterocycles. The molecule has 0 saturated carbocycles. The first-order chi connectivity index (χ1) is 15.6. The summed E-state index contributed by atoms with van der Waals surface area (Å²) in [6, 6.07) is 17.8. The van der Waals surface area contributed by atoms with Gasteiger partial charge in [-0.2, -0.15) is 0 Å². The van der Waals surface area contributed by atoms with Gasteiger partial charge in [0.05, 0.1) is 12.2 Å². The first-order valence-electron chi connectivity index (χ1n) is 11.5. The first kappa shape index (κ1) is 21.9. The second-order valence-electron chi connectivity index (χ2n) is 8.11. The molecule has 2 aromatic carbocycles. The van der Waals surface area contributed by atoms with E-state index in [0.29, 0.717) is 37.5 Å². The third kappa shape index (κ3) is 4.35. The molecule has 168 valence electrons. The van der Waals surface area contributed by atoms with E-state index in [9.17, 15) is 9.59 Å². The largest absolute Gasteiger partial charge is 0.494 e. The third-order valence-corrected chi connectivity index (χ3v) is 6.05.